The molecule has 0 spiro atoms. The third kappa shape index (κ3) is 7.15. The van der Waals surface area contributed by atoms with Gasteiger partial charge >= 0.3 is 0 Å². The molecule has 1 atom stereocenters. The molecule has 0 aromatic heterocycles. The van der Waals surface area contributed by atoms with Gasteiger partial charge in [-0.05, 0) is 74.2 Å². The highest BCUT2D eigenvalue weighted by Crippen LogP contribution is 2.26. The Morgan fingerprint density at radius 2 is 1.68 bits per heavy atom. The second kappa shape index (κ2) is 12.6. The first kappa shape index (κ1) is 28.7. The van der Waals surface area contributed by atoms with Crippen molar-refractivity contribution in [2.24, 2.45) is 0 Å². The SMILES string of the molecule is CNC(=O)C(C)N(Cc1cccc(Br)c1)C(=O)CN(c1ccc(C)cc1)S(=O)(=O)c1ccc(SC)cc1. The van der Waals surface area contributed by atoms with Crippen LogP contribution in [0.3, 0.4) is 0 Å². The van der Waals surface area contributed by atoms with Gasteiger partial charge in [0, 0.05) is 23.0 Å². The topological polar surface area (TPSA) is 86.8 Å². The van der Waals surface area contributed by atoms with E-state index in [4.69, 9.17) is 0 Å². The molecule has 0 saturated carbocycles. The van der Waals surface area contributed by atoms with Gasteiger partial charge in [-0.1, -0.05) is 45.8 Å². The molecule has 196 valence electrons. The Kier molecular flexibility index (Phi) is 9.80. The molecule has 3 aromatic carbocycles. The molecular formula is C27H30BrN3O4S2. The van der Waals surface area contributed by atoms with Gasteiger partial charge in [0.25, 0.3) is 10.0 Å². The van der Waals surface area contributed by atoms with Crippen molar-refractivity contribution in [2.45, 2.75) is 36.2 Å². The summed E-state index contributed by atoms with van der Waals surface area (Å²) < 4.78 is 29.5. The second-order valence-electron chi connectivity index (χ2n) is 8.46. The lowest BCUT2D eigenvalue weighted by Gasteiger charge is -2.31. The van der Waals surface area contributed by atoms with E-state index in [1.54, 1.807) is 55.5 Å². The molecule has 7 nitrogen and oxygen atoms in total. The number of hydrogen-bond donors (Lipinski definition) is 1. The molecule has 2 amide bonds. The number of benzene rings is 3. The number of aryl methyl sites for hydroxylation is 1. The number of likely N-dealkylation sites (N-methyl/N-ethyl adjacent to an activating group) is 1. The summed E-state index contributed by atoms with van der Waals surface area (Å²) in [6.07, 6.45) is 1.91. The number of amides is 2. The molecule has 0 bridgehead atoms. The van der Waals surface area contributed by atoms with Crippen molar-refractivity contribution in [3.63, 3.8) is 0 Å². The third-order valence-electron chi connectivity index (χ3n) is 5.90. The van der Waals surface area contributed by atoms with E-state index in [1.165, 1.54) is 23.7 Å². The number of sulfonamides is 1. The summed E-state index contributed by atoms with van der Waals surface area (Å²) in [6.45, 7) is 3.20. The van der Waals surface area contributed by atoms with Crippen LogP contribution in [0.4, 0.5) is 5.69 Å². The number of nitrogens with zero attached hydrogens (tertiary/aromatic N) is 2. The number of hydrogen-bond acceptors (Lipinski definition) is 5. The lowest BCUT2D eigenvalue weighted by atomic mass is 10.1. The fraction of sp³-hybridized carbons (Fsp3) is 0.259. The quantitative estimate of drug-likeness (QED) is 0.335. The van der Waals surface area contributed by atoms with Crippen LogP contribution in [-0.4, -0.2) is 51.0 Å². The first-order valence-corrected chi connectivity index (χ1v) is 15.0. The van der Waals surface area contributed by atoms with Gasteiger partial charge in [-0.25, -0.2) is 8.42 Å². The first-order valence-electron chi connectivity index (χ1n) is 11.6. The van der Waals surface area contributed by atoms with Crippen LogP contribution < -0.4 is 9.62 Å². The molecule has 37 heavy (non-hydrogen) atoms. The molecule has 3 rings (SSSR count). The maximum Gasteiger partial charge on any atom is 0.264 e. The van der Waals surface area contributed by atoms with E-state index in [9.17, 15) is 18.0 Å². The highest BCUT2D eigenvalue weighted by atomic mass is 79.9. The Balaban J connectivity index is 2.02. The first-order chi connectivity index (χ1) is 17.6. The molecule has 10 heteroatoms. The van der Waals surface area contributed by atoms with Gasteiger partial charge in [-0.3, -0.25) is 13.9 Å². The van der Waals surface area contributed by atoms with Crippen LogP contribution in [0.25, 0.3) is 0 Å². The van der Waals surface area contributed by atoms with Gasteiger partial charge in [0.05, 0.1) is 10.6 Å². The van der Waals surface area contributed by atoms with E-state index in [2.05, 4.69) is 21.2 Å². The predicted octanol–water partition coefficient (Wildman–Crippen LogP) is 4.84. The highest BCUT2D eigenvalue weighted by molar-refractivity contribution is 9.10. The highest BCUT2D eigenvalue weighted by Gasteiger charge is 2.32. The number of carbonyl (C=O) groups is 2. The summed E-state index contributed by atoms with van der Waals surface area (Å²) in [6, 6.07) is 20.1. The molecule has 0 saturated heterocycles. The van der Waals surface area contributed by atoms with Crippen LogP contribution in [0, 0.1) is 6.92 Å². The number of rotatable bonds is 10. The maximum absolute atomic E-state index is 13.8. The van der Waals surface area contributed by atoms with Gasteiger partial charge < -0.3 is 10.2 Å². The van der Waals surface area contributed by atoms with E-state index in [0.717, 1.165) is 24.8 Å². The number of nitrogens with one attached hydrogen (secondary N) is 1. The lowest BCUT2D eigenvalue weighted by Crippen LogP contribution is -2.50. The second-order valence-corrected chi connectivity index (χ2v) is 12.1. The third-order valence-corrected chi connectivity index (χ3v) is 8.93. The smallest absolute Gasteiger partial charge is 0.264 e. The molecule has 0 aliphatic carbocycles. The summed E-state index contributed by atoms with van der Waals surface area (Å²) in [5.41, 5.74) is 2.13. The van der Waals surface area contributed by atoms with Gasteiger partial charge in [0.15, 0.2) is 0 Å². The Hall–Kier alpha value is -2.82. The zero-order valence-corrected chi connectivity index (χ0v) is 24.4. The maximum atomic E-state index is 13.8. The van der Waals surface area contributed by atoms with Crippen LogP contribution in [-0.2, 0) is 26.2 Å². The van der Waals surface area contributed by atoms with Crippen LogP contribution in [0.5, 0.6) is 0 Å². The average molecular weight is 605 g/mol. The Morgan fingerprint density at radius 3 is 2.24 bits per heavy atom. The minimum Gasteiger partial charge on any atom is -0.357 e. The van der Waals surface area contributed by atoms with Crippen LogP contribution >= 0.6 is 27.7 Å². The number of carbonyl (C=O) groups excluding carboxylic acids is 2. The number of halogens is 1. The molecular weight excluding hydrogens is 574 g/mol. The zero-order valence-electron chi connectivity index (χ0n) is 21.1. The molecule has 0 heterocycles. The standard InChI is InChI=1S/C27H30BrN3O4S2/c1-19-8-10-23(11-9-19)31(37(34,35)25-14-12-24(36-4)13-15-25)18-26(32)30(20(2)27(33)29-3)17-21-6-5-7-22(28)16-21/h5-16,20H,17-18H2,1-4H3,(H,29,33). The molecule has 0 aliphatic rings. The van der Waals surface area contributed by atoms with E-state index >= 15 is 0 Å². The van der Waals surface area contributed by atoms with Crippen molar-refractivity contribution in [3.05, 3.63) is 88.4 Å². The minimum absolute atomic E-state index is 0.0802. The zero-order chi connectivity index (χ0) is 27.2. The van der Waals surface area contributed by atoms with Crippen molar-refractivity contribution in [1.29, 1.82) is 0 Å². The fourth-order valence-corrected chi connectivity index (χ4v) is 6.01. The van der Waals surface area contributed by atoms with Crippen molar-refractivity contribution in [1.82, 2.24) is 10.2 Å². The van der Waals surface area contributed by atoms with E-state index in [-0.39, 0.29) is 17.3 Å². The number of thioether (sulfide) groups is 1. The Morgan fingerprint density at radius 1 is 1.03 bits per heavy atom. The summed E-state index contributed by atoms with van der Waals surface area (Å²) >= 11 is 4.94. The molecule has 0 radical (unpaired) electrons. The fourth-order valence-electron chi connectivity index (χ4n) is 3.74. The van der Waals surface area contributed by atoms with Crippen LogP contribution in [0.1, 0.15) is 18.1 Å². The largest absolute Gasteiger partial charge is 0.357 e. The van der Waals surface area contributed by atoms with Gasteiger partial charge in [0.1, 0.15) is 12.6 Å². The van der Waals surface area contributed by atoms with Gasteiger partial charge in [-0.15, -0.1) is 11.8 Å². The lowest BCUT2D eigenvalue weighted by molar-refractivity contribution is -0.139. The Bertz CT molecular complexity index is 1350. The molecule has 0 aliphatic heterocycles. The summed E-state index contributed by atoms with van der Waals surface area (Å²) in [5, 5.41) is 2.58. The minimum atomic E-state index is -4.08. The molecule has 0 fully saturated rings. The van der Waals surface area contributed by atoms with Crippen molar-refractivity contribution >= 4 is 55.2 Å². The van der Waals surface area contributed by atoms with Gasteiger partial charge in [0.2, 0.25) is 11.8 Å². The van der Waals surface area contributed by atoms with E-state index in [0.29, 0.717) is 5.69 Å². The summed E-state index contributed by atoms with van der Waals surface area (Å²) in [5.74, 6) is -0.846. The molecule has 1 N–H and O–H groups in total. The van der Waals surface area contributed by atoms with Crippen molar-refractivity contribution in [2.75, 3.05) is 24.2 Å². The van der Waals surface area contributed by atoms with Crippen LogP contribution in [0.2, 0.25) is 0 Å². The van der Waals surface area contributed by atoms with Gasteiger partial charge in [-0.2, -0.15) is 0 Å². The molecule has 3 aromatic rings. The van der Waals surface area contributed by atoms with Crippen molar-refractivity contribution in [3.8, 4) is 0 Å². The summed E-state index contributed by atoms with van der Waals surface area (Å²) in [4.78, 5) is 28.7. The molecule has 1 unspecified atom stereocenters. The van der Waals surface area contributed by atoms with E-state index < -0.39 is 28.5 Å². The monoisotopic (exact) mass is 603 g/mol. The van der Waals surface area contributed by atoms with E-state index in [1.807, 2.05) is 37.4 Å². The van der Waals surface area contributed by atoms with Crippen LogP contribution in [0.15, 0.2) is 87.1 Å². The average Bonchev–Trinajstić information content (AvgIpc) is 2.90. The predicted molar refractivity (Wildman–Crippen MR) is 152 cm³/mol. The van der Waals surface area contributed by atoms with Crippen molar-refractivity contribution < 1.29 is 18.0 Å². The number of anilines is 1. The Labute approximate surface area is 231 Å². The normalized spacial score (nSPS) is 12.0. The summed E-state index contributed by atoms with van der Waals surface area (Å²) in [7, 11) is -2.58.